The molecule has 0 saturated carbocycles. The topological polar surface area (TPSA) is 113 Å². The van der Waals surface area contributed by atoms with Gasteiger partial charge in [0.2, 0.25) is 5.91 Å². The van der Waals surface area contributed by atoms with Gasteiger partial charge in [0, 0.05) is 44.7 Å². The highest BCUT2D eigenvalue weighted by Gasteiger charge is 2.29. The van der Waals surface area contributed by atoms with E-state index in [0.29, 0.717) is 31.6 Å². The lowest BCUT2D eigenvalue weighted by atomic mass is 10.0. The molecule has 0 unspecified atom stereocenters. The zero-order valence-corrected chi connectivity index (χ0v) is 19.9. The Hall–Kier alpha value is -3.05. The summed E-state index contributed by atoms with van der Waals surface area (Å²) in [5.74, 6) is -0.564. The Labute approximate surface area is 198 Å². The van der Waals surface area contributed by atoms with Crippen molar-refractivity contribution in [2.75, 3.05) is 32.1 Å². The number of fused-ring (bicyclic) bond motifs is 1. The van der Waals surface area contributed by atoms with Gasteiger partial charge in [-0.25, -0.2) is 13.9 Å². The number of ether oxygens (including phenoxy) is 1. The molecule has 0 bridgehead atoms. The number of carbonyl (C=O) groups is 2. The van der Waals surface area contributed by atoms with E-state index in [4.69, 9.17) is 4.74 Å². The first kappa shape index (κ1) is 25.6. The van der Waals surface area contributed by atoms with Gasteiger partial charge in [0.15, 0.2) is 0 Å². The minimum absolute atomic E-state index is 0.0446. The van der Waals surface area contributed by atoms with Crippen LogP contribution in [-0.4, -0.2) is 80.7 Å². The van der Waals surface area contributed by atoms with Crippen LogP contribution in [0.25, 0.3) is 0 Å². The van der Waals surface area contributed by atoms with Crippen molar-refractivity contribution in [2.24, 2.45) is 5.92 Å². The highest BCUT2D eigenvalue weighted by Crippen LogP contribution is 2.19. The number of hydrogen-bond acceptors (Lipinski definition) is 6. The Morgan fingerprint density at radius 1 is 1.38 bits per heavy atom. The third-order valence-corrected chi connectivity index (χ3v) is 6.04. The Balaban J connectivity index is 1.76. The molecule has 1 aromatic heterocycles. The molecule has 0 radical (unpaired) electrons. The lowest BCUT2D eigenvalue weighted by Crippen LogP contribution is -2.48. The monoisotopic (exact) mass is 476 g/mol. The van der Waals surface area contributed by atoms with Crippen LogP contribution in [-0.2, 0) is 22.7 Å². The predicted molar refractivity (Wildman–Crippen MR) is 123 cm³/mol. The highest BCUT2D eigenvalue weighted by molar-refractivity contribution is 5.89. The zero-order chi connectivity index (χ0) is 24.7. The molecule has 0 fully saturated rings. The first-order chi connectivity index (χ1) is 16.3. The molecule has 186 valence electrons. The van der Waals surface area contributed by atoms with E-state index in [1.54, 1.807) is 22.8 Å². The van der Waals surface area contributed by atoms with Crippen molar-refractivity contribution in [3.8, 4) is 0 Å². The largest absolute Gasteiger partial charge is 0.394 e. The fourth-order valence-corrected chi connectivity index (χ4v) is 3.85. The van der Waals surface area contributed by atoms with Gasteiger partial charge < -0.3 is 25.0 Å². The van der Waals surface area contributed by atoms with Crippen LogP contribution in [0, 0.1) is 11.7 Å². The molecule has 3 rings (SSSR count). The van der Waals surface area contributed by atoms with Gasteiger partial charge in [-0.1, -0.05) is 12.1 Å². The Bertz CT molecular complexity index is 953. The maximum Gasteiger partial charge on any atom is 0.321 e. The second-order valence-corrected chi connectivity index (χ2v) is 8.77. The Morgan fingerprint density at radius 2 is 2.12 bits per heavy atom. The number of rotatable bonds is 5. The van der Waals surface area contributed by atoms with E-state index in [-0.39, 0.29) is 49.5 Å². The molecular weight excluding hydrogens is 443 g/mol. The summed E-state index contributed by atoms with van der Waals surface area (Å²) in [6, 6.07) is 4.84. The van der Waals surface area contributed by atoms with Gasteiger partial charge in [0.1, 0.15) is 5.82 Å². The second kappa shape index (κ2) is 11.9. The minimum atomic E-state index is -0.409. The summed E-state index contributed by atoms with van der Waals surface area (Å²) in [6.07, 6.45) is 2.17. The van der Waals surface area contributed by atoms with Crippen molar-refractivity contribution >= 4 is 17.6 Å². The molecule has 11 heteroatoms. The van der Waals surface area contributed by atoms with E-state index < -0.39 is 6.10 Å². The minimum Gasteiger partial charge on any atom is -0.394 e. The number of aromatic nitrogens is 3. The zero-order valence-electron chi connectivity index (χ0n) is 19.9. The number of aliphatic hydroxyl groups excluding tert-OH is 1. The first-order valence-electron chi connectivity index (χ1n) is 11.5. The van der Waals surface area contributed by atoms with E-state index in [2.05, 4.69) is 15.6 Å². The molecule has 0 saturated heterocycles. The first-order valence-corrected chi connectivity index (χ1v) is 11.5. The average Bonchev–Trinajstić information content (AvgIpc) is 3.27. The van der Waals surface area contributed by atoms with Crippen LogP contribution in [0.5, 0.6) is 0 Å². The quantitative estimate of drug-likeness (QED) is 0.684. The van der Waals surface area contributed by atoms with Crippen LogP contribution < -0.4 is 5.32 Å². The van der Waals surface area contributed by atoms with Crippen molar-refractivity contribution in [3.05, 3.63) is 42.0 Å². The third-order valence-electron chi connectivity index (χ3n) is 6.04. The van der Waals surface area contributed by atoms with Gasteiger partial charge in [-0.05, 0) is 37.6 Å². The summed E-state index contributed by atoms with van der Waals surface area (Å²) >= 11 is 0. The average molecular weight is 477 g/mol. The van der Waals surface area contributed by atoms with Gasteiger partial charge in [-0.2, -0.15) is 0 Å². The standard InChI is InChI=1S/C23H33FN6O4/c1-16-12-29(17(2)14-31)22(32)5-4-10-30-20(11-25-27-30)15-34-21(16)13-28(3)23(33)26-19-8-6-18(24)7-9-19/h6-9,11,16-17,21,31H,4-5,10,12-15H2,1-3H3,(H,26,33)/t16-,17+,21+/m1/s1. The maximum atomic E-state index is 13.2. The molecule has 1 aromatic carbocycles. The lowest BCUT2D eigenvalue weighted by molar-refractivity contribution is -0.136. The third kappa shape index (κ3) is 6.73. The van der Waals surface area contributed by atoms with Crippen LogP contribution >= 0.6 is 0 Å². The van der Waals surface area contributed by atoms with Crippen molar-refractivity contribution < 1.29 is 23.8 Å². The molecule has 1 aliphatic heterocycles. The number of nitrogens with one attached hydrogen (secondary N) is 1. The van der Waals surface area contributed by atoms with Crippen LogP contribution in [0.15, 0.2) is 30.5 Å². The Kier molecular flexibility index (Phi) is 8.94. The number of benzene rings is 1. The molecule has 34 heavy (non-hydrogen) atoms. The summed E-state index contributed by atoms with van der Waals surface area (Å²) in [5.41, 5.74) is 1.28. The normalized spacial score (nSPS) is 20.6. The van der Waals surface area contributed by atoms with Gasteiger partial charge >= 0.3 is 6.03 Å². The van der Waals surface area contributed by atoms with Gasteiger partial charge in [0.05, 0.1) is 37.3 Å². The Morgan fingerprint density at radius 3 is 2.82 bits per heavy atom. The second-order valence-electron chi connectivity index (χ2n) is 8.77. The van der Waals surface area contributed by atoms with Crippen molar-refractivity contribution in [1.82, 2.24) is 24.8 Å². The van der Waals surface area contributed by atoms with Crippen LogP contribution in [0.2, 0.25) is 0 Å². The fourth-order valence-electron chi connectivity index (χ4n) is 3.85. The van der Waals surface area contributed by atoms with E-state index in [1.807, 2.05) is 13.8 Å². The number of hydrogen-bond donors (Lipinski definition) is 2. The number of urea groups is 1. The molecular formula is C23H33FN6O4. The number of aryl methyl sites for hydroxylation is 1. The smallest absolute Gasteiger partial charge is 0.321 e. The summed E-state index contributed by atoms with van der Waals surface area (Å²) in [7, 11) is 1.65. The molecule has 0 aliphatic carbocycles. The maximum absolute atomic E-state index is 13.2. The predicted octanol–water partition coefficient (Wildman–Crippen LogP) is 2.11. The molecule has 2 aromatic rings. The van der Waals surface area contributed by atoms with Crippen molar-refractivity contribution in [3.63, 3.8) is 0 Å². The summed E-state index contributed by atoms with van der Waals surface area (Å²) < 4.78 is 21.1. The van der Waals surface area contributed by atoms with Crippen LogP contribution in [0.4, 0.5) is 14.9 Å². The van der Waals surface area contributed by atoms with E-state index in [0.717, 1.165) is 5.69 Å². The fraction of sp³-hybridized carbons (Fsp3) is 0.565. The van der Waals surface area contributed by atoms with Gasteiger partial charge in [-0.15, -0.1) is 5.10 Å². The molecule has 3 atom stereocenters. The van der Waals surface area contributed by atoms with Gasteiger partial charge in [-0.3, -0.25) is 4.79 Å². The summed E-state index contributed by atoms with van der Waals surface area (Å²) in [4.78, 5) is 28.8. The molecule has 0 spiro atoms. The van der Waals surface area contributed by atoms with E-state index >= 15 is 0 Å². The van der Waals surface area contributed by atoms with Crippen molar-refractivity contribution in [1.29, 1.82) is 0 Å². The molecule has 1 aliphatic rings. The van der Waals surface area contributed by atoms with Crippen molar-refractivity contribution in [2.45, 2.75) is 52.0 Å². The molecule has 3 amide bonds. The number of carbonyl (C=O) groups excluding carboxylic acids is 2. The number of likely N-dealkylation sites (N-methyl/N-ethyl adjacent to an activating group) is 1. The summed E-state index contributed by atoms with van der Waals surface area (Å²) in [6.45, 7) is 5.07. The molecule has 10 nitrogen and oxygen atoms in total. The number of halogens is 1. The number of anilines is 1. The number of amides is 3. The van der Waals surface area contributed by atoms with Crippen LogP contribution in [0.3, 0.4) is 0 Å². The molecule has 2 heterocycles. The van der Waals surface area contributed by atoms with E-state index in [9.17, 15) is 19.1 Å². The van der Waals surface area contributed by atoms with E-state index in [1.165, 1.54) is 29.2 Å². The SMILES string of the molecule is C[C@@H]1CN([C@@H](C)CO)C(=O)CCCn2nncc2CO[C@H]1CN(C)C(=O)Nc1ccc(F)cc1. The number of nitrogens with zero attached hydrogens (tertiary/aromatic N) is 5. The lowest BCUT2D eigenvalue weighted by Gasteiger charge is -2.35. The van der Waals surface area contributed by atoms with Crippen LogP contribution in [0.1, 0.15) is 32.4 Å². The summed E-state index contributed by atoms with van der Waals surface area (Å²) in [5, 5.41) is 20.5. The number of aliphatic hydroxyl groups is 1. The highest BCUT2D eigenvalue weighted by atomic mass is 19.1. The molecule has 2 N–H and O–H groups in total. The van der Waals surface area contributed by atoms with Gasteiger partial charge in [0.25, 0.3) is 0 Å².